The molecule has 7 nitrogen and oxygen atoms in total. The predicted octanol–water partition coefficient (Wildman–Crippen LogP) is 3.31. The number of hydrogen-bond donors (Lipinski definition) is 0. The van der Waals surface area contributed by atoms with Crippen LogP contribution in [0.4, 0.5) is 4.39 Å². The Balaban J connectivity index is 1.17. The van der Waals surface area contributed by atoms with Crippen molar-refractivity contribution >= 4 is 32.3 Å². The maximum absolute atomic E-state index is 15.3. The van der Waals surface area contributed by atoms with Crippen LogP contribution < -0.4 is 0 Å². The summed E-state index contributed by atoms with van der Waals surface area (Å²) in [4.78, 5) is 1.98. The van der Waals surface area contributed by atoms with Crippen LogP contribution in [0.15, 0.2) is 30.7 Å². The van der Waals surface area contributed by atoms with E-state index in [0.29, 0.717) is 18.0 Å². The molecule has 2 atom stereocenters. The molecule has 0 spiro atoms. The molecule has 5 fully saturated rings. The van der Waals surface area contributed by atoms with Crippen molar-refractivity contribution < 1.29 is 12.8 Å². The second-order valence-electron chi connectivity index (χ2n) is 10.5. The van der Waals surface area contributed by atoms with E-state index in [2.05, 4.69) is 21.1 Å². The first-order chi connectivity index (χ1) is 15.8. The molecule has 0 radical (unpaired) electrons. The molecule has 2 bridgehead atoms. The van der Waals surface area contributed by atoms with Gasteiger partial charge in [0.15, 0.2) is 9.84 Å². The molecule has 0 unspecified atom stereocenters. The topological polar surface area (TPSA) is 73.0 Å². The maximum Gasteiger partial charge on any atom is 0.153 e. The van der Waals surface area contributed by atoms with E-state index in [1.54, 1.807) is 6.20 Å². The third-order valence-electron chi connectivity index (χ3n) is 8.37. The molecule has 3 saturated carbocycles. The van der Waals surface area contributed by atoms with Crippen LogP contribution in [0.5, 0.6) is 0 Å². The summed E-state index contributed by atoms with van der Waals surface area (Å²) in [6.45, 7) is 0.920. The van der Waals surface area contributed by atoms with Crippen molar-refractivity contribution in [1.82, 2.24) is 24.5 Å². The smallest absolute Gasteiger partial charge is 0.153 e. The molecule has 3 aromatic rings. The molecule has 10 heteroatoms. The third kappa shape index (κ3) is 3.04. The van der Waals surface area contributed by atoms with Crippen LogP contribution in [0, 0.1) is 5.92 Å². The van der Waals surface area contributed by atoms with E-state index in [9.17, 15) is 8.42 Å². The predicted molar refractivity (Wildman–Crippen MR) is 123 cm³/mol. The van der Waals surface area contributed by atoms with E-state index in [1.165, 1.54) is 19.3 Å². The van der Waals surface area contributed by atoms with Crippen LogP contribution in [0.3, 0.4) is 0 Å². The number of sulfone groups is 1. The average Bonchev–Trinajstić information content (AvgIpc) is 3.30. The van der Waals surface area contributed by atoms with Gasteiger partial charge in [0.25, 0.3) is 0 Å². The molecular weight excluding hydrogens is 465 g/mol. The van der Waals surface area contributed by atoms with Gasteiger partial charge in [-0.15, -0.1) is 0 Å². The molecule has 8 rings (SSSR count). The lowest BCUT2D eigenvalue weighted by molar-refractivity contribution is -0.0977. The first-order valence-corrected chi connectivity index (χ1v) is 13.8. The molecule has 2 aliphatic heterocycles. The normalized spacial score (nSPS) is 33.5. The minimum Gasteiger partial charge on any atom is -0.295 e. The van der Waals surface area contributed by atoms with Crippen LogP contribution in [-0.4, -0.2) is 69.7 Å². The van der Waals surface area contributed by atoms with Gasteiger partial charge in [0.05, 0.1) is 41.2 Å². The molecule has 4 heterocycles. The van der Waals surface area contributed by atoms with E-state index in [-0.39, 0.29) is 35.5 Å². The fraction of sp³-hybridized carbons (Fsp3) is 0.565. The van der Waals surface area contributed by atoms with Crippen LogP contribution in [0.2, 0.25) is 5.02 Å². The van der Waals surface area contributed by atoms with Gasteiger partial charge in [-0.2, -0.15) is 10.2 Å². The molecule has 1 aromatic carbocycles. The van der Waals surface area contributed by atoms with Crippen LogP contribution in [-0.2, 0) is 15.4 Å². The van der Waals surface area contributed by atoms with Gasteiger partial charge in [-0.05, 0) is 55.8 Å². The molecule has 174 valence electrons. The molecule has 5 aliphatic rings. The van der Waals surface area contributed by atoms with Gasteiger partial charge in [0.1, 0.15) is 11.9 Å². The van der Waals surface area contributed by atoms with Crippen molar-refractivity contribution in [2.45, 2.75) is 49.4 Å². The number of alkyl halides is 1. The lowest BCUT2D eigenvalue weighted by Gasteiger charge is -2.61. The Morgan fingerprint density at radius 2 is 1.91 bits per heavy atom. The number of halogens is 2. The minimum atomic E-state index is -2.92. The summed E-state index contributed by atoms with van der Waals surface area (Å²) in [5.41, 5.74) is 2.81. The van der Waals surface area contributed by atoms with Crippen molar-refractivity contribution in [3.05, 3.63) is 41.3 Å². The molecule has 0 amide bonds. The number of benzene rings is 1. The fourth-order valence-corrected chi connectivity index (χ4v) is 8.11. The third-order valence-corrected chi connectivity index (χ3v) is 10.5. The summed E-state index contributed by atoms with van der Waals surface area (Å²) in [7, 11) is -2.92. The van der Waals surface area contributed by atoms with Gasteiger partial charge in [-0.25, -0.2) is 17.5 Å². The van der Waals surface area contributed by atoms with Crippen molar-refractivity contribution in [3.63, 3.8) is 0 Å². The quantitative estimate of drug-likeness (QED) is 0.562. The summed E-state index contributed by atoms with van der Waals surface area (Å²) >= 11 is 6.61. The minimum absolute atomic E-state index is 0.0498. The Bertz CT molecular complexity index is 1360. The first-order valence-electron chi connectivity index (χ1n) is 11.6. The van der Waals surface area contributed by atoms with Gasteiger partial charge in [0.2, 0.25) is 0 Å². The Morgan fingerprint density at radius 1 is 1.12 bits per heavy atom. The zero-order chi connectivity index (χ0) is 22.5. The molecular formula is C23H25ClFN5O2S. The van der Waals surface area contributed by atoms with Gasteiger partial charge in [-0.3, -0.25) is 9.58 Å². The number of nitrogens with zero attached hydrogens (tertiary/aromatic N) is 5. The highest BCUT2D eigenvalue weighted by Gasteiger charge is 2.58. The Labute approximate surface area is 196 Å². The Hall–Kier alpha value is -1.97. The van der Waals surface area contributed by atoms with E-state index >= 15 is 4.39 Å². The van der Waals surface area contributed by atoms with Crippen LogP contribution >= 0.6 is 11.6 Å². The van der Waals surface area contributed by atoms with Crippen molar-refractivity contribution in [3.8, 4) is 5.69 Å². The summed E-state index contributed by atoms with van der Waals surface area (Å²) in [5, 5.41) is 10.7. The standard InChI is InChI=1S/C23H25ClFN5O2S/c24-20-3-15-8-27-30(16-9-26-29(10-16)23-5-14(6-23)7-23)22(15)4-19(20)18-1-2-28(11-21(18)25)17-12-33(31,32)13-17/h3-4,8-10,14,17-18,21H,1-2,5-7,11-13H2/t14?,18-,21-,23?/m1/s1. The second kappa shape index (κ2) is 6.79. The molecule has 0 N–H and O–H groups in total. The Morgan fingerprint density at radius 3 is 2.58 bits per heavy atom. The SMILES string of the molecule is O=S1(=O)CC(N2CC[C@H](c3cc4c(cnn4-c4cnn(C56CC(C5)C6)c4)cc3Cl)[C@H](F)C2)C1. The number of hydrogen-bond acceptors (Lipinski definition) is 5. The number of fused-ring (bicyclic) bond motifs is 1. The van der Waals surface area contributed by atoms with E-state index in [1.807, 2.05) is 27.9 Å². The van der Waals surface area contributed by atoms with E-state index in [4.69, 9.17) is 11.6 Å². The van der Waals surface area contributed by atoms with E-state index in [0.717, 1.165) is 28.1 Å². The van der Waals surface area contributed by atoms with Crippen molar-refractivity contribution in [2.75, 3.05) is 24.6 Å². The highest BCUT2D eigenvalue weighted by atomic mass is 35.5. The summed E-state index contributed by atoms with van der Waals surface area (Å²) in [6, 6.07) is 3.80. The lowest BCUT2D eigenvalue weighted by Crippen LogP contribution is -2.59. The second-order valence-corrected chi connectivity index (χ2v) is 13.0. The lowest BCUT2D eigenvalue weighted by atomic mass is 9.50. The summed E-state index contributed by atoms with van der Waals surface area (Å²) in [5.74, 6) is 0.848. The van der Waals surface area contributed by atoms with Gasteiger partial charge < -0.3 is 0 Å². The number of aromatic nitrogens is 4. The maximum atomic E-state index is 15.3. The zero-order valence-corrected chi connectivity index (χ0v) is 19.6. The number of piperidine rings is 1. The summed E-state index contributed by atoms with van der Waals surface area (Å²) < 4.78 is 42.3. The zero-order valence-electron chi connectivity index (χ0n) is 18.1. The highest BCUT2D eigenvalue weighted by molar-refractivity contribution is 7.92. The van der Waals surface area contributed by atoms with Gasteiger partial charge in [-0.1, -0.05) is 11.6 Å². The van der Waals surface area contributed by atoms with Crippen LogP contribution in [0.1, 0.15) is 37.2 Å². The number of likely N-dealkylation sites (tertiary alicyclic amines) is 1. The first kappa shape index (κ1) is 20.4. The van der Waals surface area contributed by atoms with Crippen molar-refractivity contribution in [2.24, 2.45) is 5.92 Å². The van der Waals surface area contributed by atoms with Crippen molar-refractivity contribution in [1.29, 1.82) is 0 Å². The molecule has 2 saturated heterocycles. The number of rotatable bonds is 4. The largest absolute Gasteiger partial charge is 0.295 e. The molecule has 2 aromatic heterocycles. The monoisotopic (exact) mass is 489 g/mol. The van der Waals surface area contributed by atoms with Gasteiger partial charge in [0, 0.05) is 28.9 Å². The van der Waals surface area contributed by atoms with Gasteiger partial charge >= 0.3 is 0 Å². The van der Waals surface area contributed by atoms with E-state index < -0.39 is 16.0 Å². The fourth-order valence-electron chi connectivity index (χ4n) is 6.31. The van der Waals surface area contributed by atoms with Crippen LogP contribution in [0.25, 0.3) is 16.6 Å². The Kier molecular flexibility index (Phi) is 4.20. The highest BCUT2D eigenvalue weighted by Crippen LogP contribution is 2.62. The average molecular weight is 490 g/mol. The summed E-state index contributed by atoms with van der Waals surface area (Å²) in [6.07, 6.45) is 8.88. The molecule has 33 heavy (non-hydrogen) atoms. The molecule has 3 aliphatic carbocycles.